The average Bonchev–Trinajstić information content (AvgIpc) is 2.64. The Hall–Kier alpha value is -2.06. The summed E-state index contributed by atoms with van der Waals surface area (Å²) in [6.45, 7) is 2.40. The first-order chi connectivity index (χ1) is 12.9. The number of anilines is 2. The molecule has 0 unspecified atom stereocenters. The summed E-state index contributed by atoms with van der Waals surface area (Å²) in [5, 5.41) is 3.33. The van der Waals surface area contributed by atoms with Crippen LogP contribution in [0.3, 0.4) is 0 Å². The van der Waals surface area contributed by atoms with Gasteiger partial charge >= 0.3 is 0 Å². The number of amides is 1. The zero-order chi connectivity index (χ0) is 19.4. The quantitative estimate of drug-likeness (QED) is 0.392. The molecule has 0 fully saturated rings. The first kappa shape index (κ1) is 19.7. The summed E-state index contributed by atoms with van der Waals surface area (Å²) in [5.74, 6) is 0.0338. The van der Waals surface area contributed by atoms with Crippen molar-refractivity contribution in [1.82, 2.24) is 0 Å². The maximum atomic E-state index is 12.0. The minimum absolute atomic E-state index is 0.366. The van der Waals surface area contributed by atoms with Gasteiger partial charge in [-0.15, -0.1) is 0 Å². The molecule has 1 amide bonds. The van der Waals surface area contributed by atoms with Crippen molar-refractivity contribution in [3.8, 4) is 5.75 Å². The lowest BCUT2D eigenvalue weighted by Crippen LogP contribution is -2.14. The first-order valence-electron chi connectivity index (χ1n) is 8.27. The van der Waals surface area contributed by atoms with Crippen molar-refractivity contribution in [3.05, 3.63) is 85.4 Å². The van der Waals surface area contributed by atoms with Gasteiger partial charge in [-0.2, -0.15) is 0 Å². The Morgan fingerprint density at radius 3 is 2.56 bits per heavy atom. The number of carbonyl (C=O) groups is 1. The summed E-state index contributed by atoms with van der Waals surface area (Å²) in [6.07, 6.45) is 0. The van der Waals surface area contributed by atoms with Gasteiger partial charge in [0.05, 0.1) is 11.3 Å². The van der Waals surface area contributed by atoms with Gasteiger partial charge in [-0.05, 0) is 71.0 Å². The van der Waals surface area contributed by atoms with Crippen LogP contribution < -0.4 is 15.8 Å². The Morgan fingerprint density at radius 2 is 1.89 bits per heavy atom. The Kier molecular flexibility index (Phi) is 6.38. The van der Waals surface area contributed by atoms with E-state index in [2.05, 4.69) is 49.9 Å². The van der Waals surface area contributed by atoms with Gasteiger partial charge in [-0.3, -0.25) is 4.79 Å². The number of benzene rings is 3. The fourth-order valence-corrected chi connectivity index (χ4v) is 3.74. The summed E-state index contributed by atoms with van der Waals surface area (Å²) in [4.78, 5) is 12.0. The van der Waals surface area contributed by atoms with Crippen LogP contribution >= 0.6 is 38.5 Å². The third-order valence-electron chi connectivity index (χ3n) is 4.02. The molecule has 27 heavy (non-hydrogen) atoms. The molecule has 0 heterocycles. The number of hydrogen-bond acceptors (Lipinski definition) is 3. The molecule has 0 bridgehead atoms. The van der Waals surface area contributed by atoms with Crippen molar-refractivity contribution >= 4 is 55.8 Å². The second kappa shape index (κ2) is 8.75. The highest BCUT2D eigenvalue weighted by Gasteiger charge is 2.17. The van der Waals surface area contributed by atoms with Gasteiger partial charge in [0, 0.05) is 13.7 Å². The molecule has 3 N–H and O–H groups in total. The molecule has 3 aromatic carbocycles. The Morgan fingerprint density at radius 1 is 1.15 bits per heavy atom. The molecular formula is C21H18BrIN2O2. The van der Waals surface area contributed by atoms with Crippen LogP contribution in [0.1, 0.15) is 21.5 Å². The lowest BCUT2D eigenvalue weighted by atomic mass is 10.1. The number of aryl methyl sites for hydroxylation is 1. The minimum atomic E-state index is -0.522. The first-order valence-corrected chi connectivity index (χ1v) is 10.1. The molecule has 4 nitrogen and oxygen atoms in total. The van der Waals surface area contributed by atoms with Crippen molar-refractivity contribution in [2.75, 3.05) is 5.32 Å². The predicted molar refractivity (Wildman–Crippen MR) is 121 cm³/mol. The molecule has 0 atom stereocenters. The Bertz CT molecular complexity index is 977. The minimum Gasteiger partial charge on any atom is -0.487 e. The SMILES string of the molecule is Cc1cc(I)ccc1Nc1c(OCc2ccccc2)cc(Br)cc1C(N)=O. The summed E-state index contributed by atoms with van der Waals surface area (Å²) < 4.78 is 7.90. The largest absolute Gasteiger partial charge is 0.487 e. The van der Waals surface area contributed by atoms with Gasteiger partial charge in [0.1, 0.15) is 12.4 Å². The maximum Gasteiger partial charge on any atom is 0.250 e. The van der Waals surface area contributed by atoms with Crippen LogP contribution in [0, 0.1) is 10.5 Å². The highest BCUT2D eigenvalue weighted by Crippen LogP contribution is 2.36. The number of nitrogens with one attached hydrogen (secondary N) is 1. The molecule has 0 aromatic heterocycles. The molecule has 0 spiro atoms. The van der Waals surface area contributed by atoms with E-state index >= 15 is 0 Å². The molecule has 0 aliphatic rings. The van der Waals surface area contributed by atoms with Gasteiger partial charge < -0.3 is 15.8 Å². The van der Waals surface area contributed by atoms with E-state index in [0.717, 1.165) is 24.9 Å². The fourth-order valence-electron chi connectivity index (χ4n) is 2.66. The van der Waals surface area contributed by atoms with Crippen molar-refractivity contribution in [2.45, 2.75) is 13.5 Å². The number of rotatable bonds is 6. The smallest absolute Gasteiger partial charge is 0.250 e. The summed E-state index contributed by atoms with van der Waals surface area (Å²) in [6, 6.07) is 19.4. The lowest BCUT2D eigenvalue weighted by Gasteiger charge is -2.18. The van der Waals surface area contributed by atoms with Crippen molar-refractivity contribution in [1.29, 1.82) is 0 Å². The normalized spacial score (nSPS) is 10.5. The van der Waals surface area contributed by atoms with Crippen molar-refractivity contribution in [3.63, 3.8) is 0 Å². The van der Waals surface area contributed by atoms with Crippen LogP contribution in [0.2, 0.25) is 0 Å². The van der Waals surface area contributed by atoms with E-state index in [1.807, 2.05) is 55.5 Å². The number of hydrogen-bond donors (Lipinski definition) is 2. The molecule has 138 valence electrons. The van der Waals surface area contributed by atoms with E-state index in [4.69, 9.17) is 10.5 Å². The van der Waals surface area contributed by atoms with Crippen LogP contribution in [-0.4, -0.2) is 5.91 Å². The van der Waals surface area contributed by atoms with Gasteiger partial charge in [0.2, 0.25) is 0 Å². The van der Waals surface area contributed by atoms with Crippen molar-refractivity contribution < 1.29 is 9.53 Å². The predicted octanol–water partition coefficient (Wildman–Crippen LogP) is 5.78. The van der Waals surface area contributed by atoms with E-state index in [-0.39, 0.29) is 0 Å². The number of nitrogens with two attached hydrogens (primary N) is 1. The van der Waals surface area contributed by atoms with Crippen molar-refractivity contribution in [2.24, 2.45) is 5.73 Å². The Labute approximate surface area is 180 Å². The third-order valence-corrected chi connectivity index (χ3v) is 5.15. The fraction of sp³-hybridized carbons (Fsp3) is 0.0952. The highest BCUT2D eigenvalue weighted by atomic mass is 127. The van der Waals surface area contributed by atoms with Crippen LogP contribution in [0.25, 0.3) is 0 Å². The molecule has 0 aliphatic heterocycles. The molecule has 0 saturated carbocycles. The van der Waals surface area contributed by atoms with E-state index in [9.17, 15) is 4.79 Å². The average molecular weight is 537 g/mol. The lowest BCUT2D eigenvalue weighted by molar-refractivity contribution is 0.100. The molecule has 0 radical (unpaired) electrons. The molecule has 0 aliphatic carbocycles. The summed E-state index contributed by atoms with van der Waals surface area (Å²) >= 11 is 5.70. The van der Waals surface area contributed by atoms with Gasteiger partial charge in [-0.25, -0.2) is 0 Å². The van der Waals surface area contributed by atoms with E-state index in [1.54, 1.807) is 6.07 Å². The third kappa shape index (κ3) is 5.01. The van der Waals surface area contributed by atoms with Gasteiger partial charge in [0.25, 0.3) is 5.91 Å². The van der Waals surface area contributed by atoms with Crippen LogP contribution in [0.15, 0.2) is 65.1 Å². The second-order valence-electron chi connectivity index (χ2n) is 6.05. The summed E-state index contributed by atoms with van der Waals surface area (Å²) in [7, 11) is 0. The number of ether oxygens (including phenoxy) is 1. The monoisotopic (exact) mass is 536 g/mol. The van der Waals surface area contributed by atoms with Crippen LogP contribution in [0.5, 0.6) is 5.75 Å². The number of primary amides is 1. The number of halogens is 2. The molecule has 6 heteroatoms. The molecule has 3 rings (SSSR count). The van der Waals surface area contributed by atoms with Crippen LogP contribution in [-0.2, 0) is 6.61 Å². The highest BCUT2D eigenvalue weighted by molar-refractivity contribution is 14.1. The molecule has 0 saturated heterocycles. The molecular weight excluding hydrogens is 519 g/mol. The maximum absolute atomic E-state index is 12.0. The summed E-state index contributed by atoms with van der Waals surface area (Å²) in [5.41, 5.74) is 9.54. The van der Waals surface area contributed by atoms with E-state index in [0.29, 0.717) is 23.6 Å². The van der Waals surface area contributed by atoms with Gasteiger partial charge in [0.15, 0.2) is 0 Å². The molecule has 3 aromatic rings. The Balaban J connectivity index is 1.99. The second-order valence-corrected chi connectivity index (χ2v) is 8.21. The zero-order valence-corrected chi connectivity index (χ0v) is 18.4. The topological polar surface area (TPSA) is 64.3 Å². The standard InChI is InChI=1S/C21H18BrIN2O2/c1-13-9-16(23)7-8-18(13)25-20-17(21(24)26)10-15(22)11-19(20)27-12-14-5-3-2-4-6-14/h2-11,25H,12H2,1H3,(H2,24,26). The van der Waals surface area contributed by atoms with E-state index in [1.165, 1.54) is 0 Å². The number of carbonyl (C=O) groups excluding carboxylic acids is 1. The van der Waals surface area contributed by atoms with Crippen LogP contribution in [0.4, 0.5) is 11.4 Å². The van der Waals surface area contributed by atoms with Gasteiger partial charge in [-0.1, -0.05) is 46.3 Å². The zero-order valence-electron chi connectivity index (χ0n) is 14.6. The van der Waals surface area contributed by atoms with E-state index < -0.39 is 5.91 Å².